The van der Waals surface area contributed by atoms with Gasteiger partial charge >= 0.3 is 0 Å². The molecule has 3 rings (SSSR count). The standard InChI is InChI=1S/C17H22BrNO/c18-15-8-3-6-14(11-15)17(20)12-19-10-4-7-13-5-1-2-9-16(13)19/h3,6,8,11,13,16H,1-2,4-5,7,9-10,12H2/t13-,16-/m1/s1. The van der Waals surface area contributed by atoms with Crippen LogP contribution in [-0.2, 0) is 0 Å². The lowest BCUT2D eigenvalue weighted by molar-refractivity contribution is 0.0539. The number of hydrogen-bond acceptors (Lipinski definition) is 2. The molecule has 0 aromatic heterocycles. The van der Waals surface area contributed by atoms with E-state index < -0.39 is 0 Å². The lowest BCUT2D eigenvalue weighted by atomic mass is 9.78. The first-order valence-electron chi connectivity index (χ1n) is 7.77. The number of Topliss-reactive ketones (excluding diaryl/α,β-unsaturated/α-hetero) is 1. The molecule has 1 aromatic carbocycles. The topological polar surface area (TPSA) is 20.3 Å². The minimum absolute atomic E-state index is 0.262. The highest BCUT2D eigenvalue weighted by molar-refractivity contribution is 9.10. The summed E-state index contributed by atoms with van der Waals surface area (Å²) in [5.74, 6) is 1.10. The molecule has 0 amide bonds. The van der Waals surface area contributed by atoms with Gasteiger partial charge in [-0.1, -0.05) is 40.9 Å². The summed E-state index contributed by atoms with van der Waals surface area (Å²) >= 11 is 3.45. The SMILES string of the molecule is O=C(CN1CCC[C@H]2CCCC[C@H]21)c1cccc(Br)c1. The Morgan fingerprint density at radius 1 is 1.20 bits per heavy atom. The fourth-order valence-electron chi connectivity index (χ4n) is 3.86. The summed E-state index contributed by atoms with van der Waals surface area (Å²) in [5.41, 5.74) is 0.831. The van der Waals surface area contributed by atoms with Crippen LogP contribution in [0.25, 0.3) is 0 Å². The molecular formula is C17H22BrNO. The van der Waals surface area contributed by atoms with Crippen molar-refractivity contribution in [3.63, 3.8) is 0 Å². The molecule has 0 bridgehead atoms. The number of nitrogens with zero attached hydrogens (tertiary/aromatic N) is 1. The Hall–Kier alpha value is -0.670. The molecule has 2 aliphatic rings. The number of rotatable bonds is 3. The van der Waals surface area contributed by atoms with Gasteiger partial charge in [0, 0.05) is 16.1 Å². The van der Waals surface area contributed by atoms with E-state index in [9.17, 15) is 4.79 Å². The van der Waals surface area contributed by atoms with Gasteiger partial charge in [0.05, 0.1) is 6.54 Å². The summed E-state index contributed by atoms with van der Waals surface area (Å²) in [5, 5.41) is 0. The van der Waals surface area contributed by atoms with Crippen molar-refractivity contribution < 1.29 is 4.79 Å². The first-order chi connectivity index (χ1) is 9.74. The van der Waals surface area contributed by atoms with Crippen molar-refractivity contribution in [1.82, 2.24) is 4.90 Å². The molecule has 0 unspecified atom stereocenters. The maximum Gasteiger partial charge on any atom is 0.176 e. The quantitative estimate of drug-likeness (QED) is 0.768. The van der Waals surface area contributed by atoms with Crippen molar-refractivity contribution in [3.05, 3.63) is 34.3 Å². The predicted octanol–water partition coefficient (Wildman–Crippen LogP) is 4.29. The molecular weight excluding hydrogens is 314 g/mol. The maximum absolute atomic E-state index is 12.5. The number of piperidine rings is 1. The van der Waals surface area contributed by atoms with Crippen molar-refractivity contribution in [2.24, 2.45) is 5.92 Å². The fraction of sp³-hybridized carbons (Fsp3) is 0.588. The highest BCUT2D eigenvalue weighted by Gasteiger charge is 2.33. The number of carbonyl (C=O) groups excluding carboxylic acids is 1. The molecule has 1 aromatic rings. The van der Waals surface area contributed by atoms with Gasteiger partial charge in [0.25, 0.3) is 0 Å². The van der Waals surface area contributed by atoms with Crippen molar-refractivity contribution >= 4 is 21.7 Å². The summed E-state index contributed by atoms with van der Waals surface area (Å²) in [7, 11) is 0. The van der Waals surface area contributed by atoms with Crippen LogP contribution in [0.4, 0.5) is 0 Å². The monoisotopic (exact) mass is 335 g/mol. The Balaban J connectivity index is 1.68. The minimum atomic E-state index is 0.262. The van der Waals surface area contributed by atoms with Gasteiger partial charge in [0.2, 0.25) is 0 Å². The third-order valence-corrected chi connectivity index (χ3v) is 5.34. The summed E-state index contributed by atoms with van der Waals surface area (Å²) in [6.45, 7) is 1.69. The lowest BCUT2D eigenvalue weighted by Crippen LogP contribution is -2.48. The average molecular weight is 336 g/mol. The van der Waals surface area contributed by atoms with Crippen LogP contribution < -0.4 is 0 Å². The van der Waals surface area contributed by atoms with Gasteiger partial charge in [0.15, 0.2) is 5.78 Å². The molecule has 0 radical (unpaired) electrons. The second-order valence-electron chi connectivity index (χ2n) is 6.16. The Morgan fingerprint density at radius 2 is 2.00 bits per heavy atom. The number of likely N-dealkylation sites (tertiary alicyclic amines) is 1. The zero-order valence-electron chi connectivity index (χ0n) is 11.9. The zero-order valence-corrected chi connectivity index (χ0v) is 13.4. The molecule has 2 nitrogen and oxygen atoms in total. The van der Waals surface area contributed by atoms with Crippen LogP contribution in [-0.4, -0.2) is 29.8 Å². The Morgan fingerprint density at radius 3 is 2.85 bits per heavy atom. The Kier molecular flexibility index (Phi) is 4.57. The van der Waals surface area contributed by atoms with E-state index in [0.717, 1.165) is 22.5 Å². The number of halogens is 1. The molecule has 1 aliphatic carbocycles. The highest BCUT2D eigenvalue weighted by Crippen LogP contribution is 2.35. The van der Waals surface area contributed by atoms with Gasteiger partial charge in [-0.05, 0) is 50.3 Å². The third-order valence-electron chi connectivity index (χ3n) is 4.85. The average Bonchev–Trinajstić information content (AvgIpc) is 2.47. The number of ketones is 1. The number of carbonyl (C=O) groups is 1. The van der Waals surface area contributed by atoms with Gasteiger partial charge in [-0.3, -0.25) is 9.69 Å². The molecule has 2 atom stereocenters. The highest BCUT2D eigenvalue weighted by atomic mass is 79.9. The van der Waals surface area contributed by atoms with E-state index in [1.54, 1.807) is 0 Å². The first-order valence-corrected chi connectivity index (χ1v) is 8.56. The van der Waals surface area contributed by atoms with Crippen LogP contribution in [0.1, 0.15) is 48.9 Å². The van der Waals surface area contributed by atoms with Gasteiger partial charge in [-0.25, -0.2) is 0 Å². The van der Waals surface area contributed by atoms with Crippen LogP contribution in [0.2, 0.25) is 0 Å². The molecule has 3 heteroatoms. The molecule has 1 saturated carbocycles. The molecule has 1 heterocycles. The van der Waals surface area contributed by atoms with Crippen molar-refractivity contribution in [2.75, 3.05) is 13.1 Å². The van der Waals surface area contributed by atoms with E-state index in [1.165, 1.54) is 38.5 Å². The van der Waals surface area contributed by atoms with Crippen molar-refractivity contribution in [3.8, 4) is 0 Å². The second-order valence-corrected chi connectivity index (χ2v) is 7.07. The van der Waals surface area contributed by atoms with E-state index in [2.05, 4.69) is 20.8 Å². The fourth-order valence-corrected chi connectivity index (χ4v) is 4.26. The molecule has 0 spiro atoms. The van der Waals surface area contributed by atoms with E-state index in [0.29, 0.717) is 12.6 Å². The maximum atomic E-state index is 12.5. The summed E-state index contributed by atoms with van der Waals surface area (Å²) in [6, 6.07) is 8.43. The molecule has 108 valence electrons. The van der Waals surface area contributed by atoms with Gasteiger partial charge in [-0.15, -0.1) is 0 Å². The van der Waals surface area contributed by atoms with Gasteiger partial charge in [0.1, 0.15) is 0 Å². The lowest BCUT2D eigenvalue weighted by Gasteiger charge is -2.43. The Bertz CT molecular complexity index is 486. The van der Waals surface area contributed by atoms with E-state index in [-0.39, 0.29) is 5.78 Å². The van der Waals surface area contributed by atoms with E-state index >= 15 is 0 Å². The van der Waals surface area contributed by atoms with Crippen LogP contribution in [0.5, 0.6) is 0 Å². The van der Waals surface area contributed by atoms with Gasteiger partial charge < -0.3 is 0 Å². The summed E-state index contributed by atoms with van der Waals surface area (Å²) < 4.78 is 0.984. The second kappa shape index (κ2) is 6.40. The third kappa shape index (κ3) is 3.15. The molecule has 1 aliphatic heterocycles. The van der Waals surface area contributed by atoms with Crippen LogP contribution in [0.15, 0.2) is 28.7 Å². The zero-order chi connectivity index (χ0) is 13.9. The smallest absolute Gasteiger partial charge is 0.176 e. The van der Waals surface area contributed by atoms with Crippen LogP contribution in [0.3, 0.4) is 0 Å². The molecule has 2 fully saturated rings. The Labute approximate surface area is 129 Å². The predicted molar refractivity (Wildman–Crippen MR) is 85.0 cm³/mol. The minimum Gasteiger partial charge on any atom is -0.293 e. The first kappa shape index (κ1) is 14.3. The van der Waals surface area contributed by atoms with Crippen molar-refractivity contribution in [2.45, 2.75) is 44.6 Å². The number of benzene rings is 1. The van der Waals surface area contributed by atoms with E-state index in [4.69, 9.17) is 0 Å². The summed E-state index contributed by atoms with van der Waals surface area (Å²) in [4.78, 5) is 14.9. The molecule has 0 N–H and O–H groups in total. The van der Waals surface area contributed by atoms with Gasteiger partial charge in [-0.2, -0.15) is 0 Å². The largest absolute Gasteiger partial charge is 0.293 e. The number of fused-ring (bicyclic) bond motifs is 1. The summed E-state index contributed by atoms with van der Waals surface area (Å²) in [6.07, 6.45) is 8.00. The number of hydrogen-bond donors (Lipinski definition) is 0. The van der Waals surface area contributed by atoms with Crippen LogP contribution in [0, 0.1) is 5.92 Å². The normalized spacial score (nSPS) is 27.1. The van der Waals surface area contributed by atoms with Crippen LogP contribution >= 0.6 is 15.9 Å². The van der Waals surface area contributed by atoms with E-state index in [1.807, 2.05) is 24.3 Å². The van der Waals surface area contributed by atoms with Crippen molar-refractivity contribution in [1.29, 1.82) is 0 Å². The molecule has 20 heavy (non-hydrogen) atoms. The molecule has 1 saturated heterocycles.